The van der Waals surface area contributed by atoms with Gasteiger partial charge in [-0.05, 0) is 44.9 Å². The largest absolute Gasteiger partial charge is 0.471 e. The second kappa shape index (κ2) is 38.0. The highest BCUT2D eigenvalue weighted by Gasteiger charge is 2.45. The Balaban J connectivity index is 1.23. The van der Waals surface area contributed by atoms with Crippen LogP contribution in [0.2, 0.25) is 0 Å². The van der Waals surface area contributed by atoms with E-state index in [9.17, 15) is 41.9 Å². The summed E-state index contributed by atoms with van der Waals surface area (Å²) < 4.78 is 97.0. The number of nitrogen functional groups attached to an aromatic ring is 1. The summed E-state index contributed by atoms with van der Waals surface area (Å²) >= 11 is 0. The standard InChI is InChI=1S/C48H71F3N12O16/c1-47(2,3)79-40(66)11-7-10-37(64)54-13-14-55-38(65)12-15-70-16-17-71-18-19-72-20-21-73-22-23-74-24-25-75-26-27-76-28-29-77-33-39(78-32-36(61-62-53)58-43(67)34-8-5-4-6-9-34)63(45(69)48(49,50)51)31-35-30-56-42-41(57-35)44(68)60-46(52)59-42/h4-6,8-9,30,36,39H,7,10-29,31-33H2,1-3H3,(H,54,64)(H,55,65)(H,58,67)(H3,52,56,59,60,68). The van der Waals surface area contributed by atoms with Gasteiger partial charge in [0.15, 0.2) is 17.4 Å². The van der Waals surface area contributed by atoms with Crippen LogP contribution in [0, 0.1) is 0 Å². The molecule has 440 valence electrons. The Kier molecular flexibility index (Phi) is 32.1. The Morgan fingerprint density at radius 1 is 0.734 bits per heavy atom. The van der Waals surface area contributed by atoms with E-state index < -0.39 is 61.3 Å². The van der Waals surface area contributed by atoms with E-state index in [1.807, 2.05) is 0 Å². The number of carbonyl (C=O) groups excluding carboxylic acids is 5. The van der Waals surface area contributed by atoms with Crippen LogP contribution in [0.3, 0.4) is 0 Å². The van der Waals surface area contributed by atoms with Gasteiger partial charge in [0, 0.05) is 42.8 Å². The monoisotopic (exact) mass is 1130 g/mol. The molecule has 0 spiro atoms. The van der Waals surface area contributed by atoms with Gasteiger partial charge in [-0.1, -0.05) is 23.3 Å². The molecule has 79 heavy (non-hydrogen) atoms. The topological polar surface area (TPSA) is 363 Å². The number of rotatable bonds is 42. The third-order valence-electron chi connectivity index (χ3n) is 9.95. The lowest BCUT2D eigenvalue weighted by Gasteiger charge is -2.32. The van der Waals surface area contributed by atoms with Crippen LogP contribution in [0.15, 0.2) is 46.4 Å². The van der Waals surface area contributed by atoms with Crippen LogP contribution in [0.4, 0.5) is 19.1 Å². The van der Waals surface area contributed by atoms with Crippen molar-refractivity contribution in [3.8, 4) is 0 Å². The van der Waals surface area contributed by atoms with E-state index in [1.165, 1.54) is 12.1 Å². The first-order chi connectivity index (χ1) is 37.9. The second-order valence-electron chi connectivity index (χ2n) is 17.5. The Bertz CT molecular complexity index is 2400. The minimum absolute atomic E-state index is 0.0492. The highest BCUT2D eigenvalue weighted by Crippen LogP contribution is 2.23. The van der Waals surface area contributed by atoms with Crippen LogP contribution in [-0.2, 0) is 73.1 Å². The van der Waals surface area contributed by atoms with Gasteiger partial charge in [-0.15, -0.1) is 0 Å². The molecular formula is C48H71F3N12O16. The molecule has 0 fully saturated rings. The van der Waals surface area contributed by atoms with Gasteiger partial charge in [0.2, 0.25) is 17.8 Å². The maximum atomic E-state index is 14.1. The number of aromatic amines is 1. The number of hydrogen-bond acceptors (Lipinski definition) is 21. The average molecular weight is 1130 g/mol. The van der Waals surface area contributed by atoms with Crippen molar-refractivity contribution >= 4 is 46.7 Å². The predicted octanol–water partition coefficient (Wildman–Crippen LogP) is 1.86. The first-order valence-electron chi connectivity index (χ1n) is 25.1. The molecule has 2 atom stereocenters. The van der Waals surface area contributed by atoms with E-state index in [2.05, 4.69) is 45.9 Å². The molecular weight excluding hydrogens is 1060 g/mol. The molecule has 6 N–H and O–H groups in total. The molecule has 3 rings (SSSR count). The van der Waals surface area contributed by atoms with Crippen LogP contribution in [0.1, 0.15) is 62.5 Å². The number of nitrogens with one attached hydrogen (secondary N) is 4. The molecule has 0 radical (unpaired) electrons. The fourth-order valence-corrected chi connectivity index (χ4v) is 6.36. The van der Waals surface area contributed by atoms with Crippen LogP contribution >= 0.6 is 0 Å². The van der Waals surface area contributed by atoms with Crippen LogP contribution in [0.25, 0.3) is 21.6 Å². The van der Waals surface area contributed by atoms with E-state index >= 15 is 0 Å². The fourth-order valence-electron chi connectivity index (χ4n) is 6.36. The minimum Gasteiger partial charge on any atom is -0.460 e. The van der Waals surface area contributed by atoms with Gasteiger partial charge in [-0.3, -0.25) is 33.8 Å². The highest BCUT2D eigenvalue weighted by atomic mass is 19.4. The molecule has 28 nitrogen and oxygen atoms in total. The molecule has 31 heteroatoms. The van der Waals surface area contributed by atoms with Crippen molar-refractivity contribution in [1.29, 1.82) is 0 Å². The number of fused-ring (bicyclic) bond motifs is 1. The summed E-state index contributed by atoms with van der Waals surface area (Å²) in [5.41, 5.74) is 12.7. The molecule has 3 aromatic rings. The van der Waals surface area contributed by atoms with Crippen molar-refractivity contribution < 1.29 is 84.5 Å². The Morgan fingerprint density at radius 2 is 1.25 bits per heavy atom. The summed E-state index contributed by atoms with van der Waals surface area (Å²) in [7, 11) is 0. The number of aromatic nitrogens is 4. The highest BCUT2D eigenvalue weighted by molar-refractivity contribution is 5.94. The summed E-state index contributed by atoms with van der Waals surface area (Å²) in [6, 6.07) is 7.78. The van der Waals surface area contributed by atoms with Crippen molar-refractivity contribution in [1.82, 2.24) is 40.8 Å². The zero-order valence-corrected chi connectivity index (χ0v) is 44.5. The van der Waals surface area contributed by atoms with E-state index in [-0.39, 0.29) is 130 Å². The average Bonchev–Trinajstić information content (AvgIpc) is 3.48. The SMILES string of the molecule is CC(C)(C)OC(=O)CCCC(=O)NCCNC(=O)CCOCCOCCOCCOCCOCCOCCOCCOCC(OCC(N=[N+]=[N-])NC(=O)c1ccccc1)N(Cc1cnc2nc(N)[nH]c(=O)c2n1)C(=O)C(F)(F)F. The molecule has 1 aromatic carbocycles. The first kappa shape index (κ1) is 66.6. The summed E-state index contributed by atoms with van der Waals surface area (Å²) in [6.07, 6.45) is -6.85. The van der Waals surface area contributed by atoms with Crippen molar-refractivity contribution in [2.45, 2.75) is 77.2 Å². The molecule has 0 bridgehead atoms. The van der Waals surface area contributed by atoms with E-state index in [1.54, 1.807) is 39.0 Å². The number of amides is 4. The van der Waals surface area contributed by atoms with E-state index in [0.717, 1.165) is 6.20 Å². The lowest BCUT2D eigenvalue weighted by Crippen LogP contribution is -2.51. The van der Waals surface area contributed by atoms with Gasteiger partial charge >= 0.3 is 18.1 Å². The lowest BCUT2D eigenvalue weighted by molar-refractivity contribution is -0.203. The summed E-state index contributed by atoms with van der Waals surface area (Å²) in [5.74, 6) is -4.11. The van der Waals surface area contributed by atoms with Crippen LogP contribution < -0.4 is 27.2 Å². The third-order valence-corrected chi connectivity index (χ3v) is 9.95. The number of anilines is 1. The van der Waals surface area contributed by atoms with Gasteiger partial charge in [-0.25, -0.2) is 9.97 Å². The lowest BCUT2D eigenvalue weighted by atomic mass is 10.2. The maximum absolute atomic E-state index is 14.1. The van der Waals surface area contributed by atoms with Gasteiger partial charge in [0.1, 0.15) is 11.8 Å². The Morgan fingerprint density at radius 3 is 1.77 bits per heavy atom. The number of ether oxygens (including phenoxy) is 10. The number of halogens is 3. The third kappa shape index (κ3) is 30.3. The number of azide groups is 1. The maximum Gasteiger partial charge on any atom is 0.471 e. The summed E-state index contributed by atoms with van der Waals surface area (Å²) in [6.45, 7) is 7.04. The van der Waals surface area contributed by atoms with Gasteiger partial charge in [-0.2, -0.15) is 18.2 Å². The molecule has 2 aromatic heterocycles. The fraction of sp³-hybridized carbons (Fsp3) is 0.646. The number of hydrogen-bond donors (Lipinski definition) is 5. The zero-order chi connectivity index (χ0) is 57.7. The quantitative estimate of drug-likeness (QED) is 0.0135. The number of alkyl halides is 3. The van der Waals surface area contributed by atoms with Crippen LogP contribution in [0.5, 0.6) is 0 Å². The molecule has 4 amide bonds. The first-order valence-corrected chi connectivity index (χ1v) is 25.1. The van der Waals surface area contributed by atoms with Crippen LogP contribution in [-0.4, -0.2) is 204 Å². The Hall–Kier alpha value is -6.67. The molecule has 2 heterocycles. The van der Waals surface area contributed by atoms with Crippen molar-refractivity contribution in [3.05, 3.63) is 68.6 Å². The Labute approximate surface area is 453 Å². The number of carbonyl (C=O) groups is 5. The van der Waals surface area contributed by atoms with Gasteiger partial charge in [0.05, 0.1) is 131 Å². The van der Waals surface area contributed by atoms with E-state index in [0.29, 0.717) is 59.3 Å². The van der Waals surface area contributed by atoms with E-state index in [4.69, 9.17) is 58.6 Å². The smallest absolute Gasteiger partial charge is 0.460 e. The minimum atomic E-state index is -5.43. The van der Waals surface area contributed by atoms with Gasteiger partial charge in [0.25, 0.3) is 11.5 Å². The number of H-pyrrole nitrogens is 1. The molecule has 2 unspecified atom stereocenters. The summed E-state index contributed by atoms with van der Waals surface area (Å²) in [5, 5.41) is 11.3. The normalized spacial score (nSPS) is 12.3. The van der Waals surface area contributed by atoms with Crippen molar-refractivity contribution in [2.24, 2.45) is 5.11 Å². The number of benzene rings is 1. The second-order valence-corrected chi connectivity index (χ2v) is 17.5. The van der Waals surface area contributed by atoms with Crippen molar-refractivity contribution in [3.63, 3.8) is 0 Å². The van der Waals surface area contributed by atoms with Crippen molar-refractivity contribution in [2.75, 3.05) is 131 Å². The molecule has 0 saturated carbocycles. The molecule has 0 aliphatic rings. The van der Waals surface area contributed by atoms with Gasteiger partial charge < -0.3 is 74.0 Å². The summed E-state index contributed by atoms with van der Waals surface area (Å²) in [4.78, 5) is 90.7. The molecule has 0 aliphatic heterocycles. The molecule has 0 aliphatic carbocycles. The number of nitrogens with two attached hydrogens (primary N) is 1. The zero-order valence-electron chi connectivity index (χ0n) is 44.5. The predicted molar refractivity (Wildman–Crippen MR) is 272 cm³/mol. The molecule has 0 saturated heterocycles. The number of nitrogens with zero attached hydrogens (tertiary/aromatic N) is 7. The number of esters is 1.